The molecule has 0 aliphatic carbocycles. The van der Waals surface area contributed by atoms with Crippen molar-refractivity contribution in [3.8, 4) is 0 Å². The first-order valence-corrected chi connectivity index (χ1v) is 21.8. The van der Waals surface area contributed by atoms with Crippen molar-refractivity contribution < 1.29 is 114 Å². The highest BCUT2D eigenvalue weighted by molar-refractivity contribution is 5.88. The van der Waals surface area contributed by atoms with Gasteiger partial charge in [0, 0.05) is 17.1 Å². The molecule has 0 radical (unpaired) electrons. The molecule has 23 heteroatoms. The Morgan fingerprint density at radius 1 is 0.426 bits per heavy atom. The van der Waals surface area contributed by atoms with Gasteiger partial charge in [-0.15, -0.1) is 0 Å². The van der Waals surface area contributed by atoms with Crippen LogP contribution in [0.5, 0.6) is 0 Å². The van der Waals surface area contributed by atoms with Gasteiger partial charge in [0.2, 0.25) is 12.6 Å². The highest BCUT2D eigenvalue weighted by Gasteiger charge is 2.50. The summed E-state index contributed by atoms with van der Waals surface area (Å²) in [6.45, 7) is 5.60. The van der Waals surface area contributed by atoms with E-state index in [-0.39, 0.29) is 11.1 Å². The quantitative estimate of drug-likeness (QED) is 0.0354. The van der Waals surface area contributed by atoms with E-state index in [4.69, 9.17) is 37.9 Å². The lowest BCUT2D eigenvalue weighted by Crippen LogP contribution is -2.61. The molecule has 0 aromatic carbocycles. The lowest BCUT2D eigenvalue weighted by Gasteiger charge is -2.43. The van der Waals surface area contributed by atoms with Crippen molar-refractivity contribution in [3.63, 3.8) is 0 Å². The summed E-state index contributed by atoms with van der Waals surface area (Å²) in [4.78, 5) is 25.7. The van der Waals surface area contributed by atoms with Crippen LogP contribution in [-0.4, -0.2) is 221 Å². The van der Waals surface area contributed by atoms with Crippen LogP contribution in [0.25, 0.3) is 0 Å². The number of esters is 2. The van der Waals surface area contributed by atoms with Crippen LogP contribution in [0, 0.1) is 5.92 Å². The first-order valence-electron chi connectivity index (χ1n) is 21.8. The van der Waals surface area contributed by atoms with Crippen LogP contribution in [-0.2, 0) is 47.5 Å². The Morgan fingerprint density at radius 2 is 0.765 bits per heavy atom. The number of allylic oxidation sites excluding steroid dienone is 12. The molecule has 0 aromatic heterocycles. The standard InChI is InChI=1S/C45H66O23/c1-20(12-8-14-22(3)40(59)67-42-24(5)29(48)32(51)27(65-42)18-61-43-37(56)34(53)30(49)25(16-46)63-43)10-6-7-11-21(2)13-9-15-23(4)41(60)68-45-39(58)36(55)33(52)28(66-45)19-62-44-38(57)35(54)31(50)26(17-47)64-44/h6-15,24-39,42-58H,16-19H2,1-5H3/b7-6+,12-8+,13-9+,20-10+,21-11+,22-14+,23-15+/t24?,25?,26?,27?,28?,29-,30-,31-,32-,33-,34+,35+,36+,37?,38?,39?,42+,43-,44-,45+/m1/s1. The molecular weight excluding hydrogens is 908 g/mol. The molecule has 68 heavy (non-hydrogen) atoms. The van der Waals surface area contributed by atoms with Gasteiger partial charge >= 0.3 is 11.9 Å². The van der Waals surface area contributed by atoms with Crippen molar-refractivity contribution in [1.82, 2.24) is 0 Å². The van der Waals surface area contributed by atoms with Crippen molar-refractivity contribution in [1.29, 1.82) is 0 Å². The summed E-state index contributed by atoms with van der Waals surface area (Å²) in [6.07, 6.45) is -13.1. The van der Waals surface area contributed by atoms with Crippen molar-refractivity contribution in [2.24, 2.45) is 5.92 Å². The second kappa shape index (κ2) is 26.5. The molecule has 23 nitrogen and oxygen atoms in total. The number of hydrogen-bond donors (Lipinski definition) is 13. The van der Waals surface area contributed by atoms with E-state index in [1.54, 1.807) is 55.5 Å². The predicted molar refractivity (Wildman–Crippen MR) is 231 cm³/mol. The molecule has 0 amide bonds. The van der Waals surface area contributed by atoms with E-state index in [0.717, 1.165) is 11.1 Å². The minimum atomic E-state index is -1.85. The molecule has 4 fully saturated rings. The van der Waals surface area contributed by atoms with Crippen LogP contribution in [0.3, 0.4) is 0 Å². The Hall–Kier alpha value is -3.64. The van der Waals surface area contributed by atoms with Crippen LogP contribution < -0.4 is 0 Å². The number of aliphatic hydroxyl groups is 13. The first kappa shape index (κ1) is 56.9. The van der Waals surface area contributed by atoms with Gasteiger partial charge in [0.15, 0.2) is 12.6 Å². The Bertz CT molecular complexity index is 1730. The lowest BCUT2D eigenvalue weighted by atomic mass is 9.92. The molecule has 0 bridgehead atoms. The van der Waals surface area contributed by atoms with Gasteiger partial charge in [-0.05, 0) is 27.7 Å². The third-order valence-electron chi connectivity index (χ3n) is 11.6. The average molecular weight is 975 g/mol. The Balaban J connectivity index is 1.23. The molecule has 4 saturated heterocycles. The molecule has 0 saturated carbocycles. The van der Waals surface area contributed by atoms with Crippen LogP contribution in [0.1, 0.15) is 34.6 Å². The largest absolute Gasteiger partial charge is 0.432 e. The fraction of sp³-hybridized carbons (Fsp3) is 0.644. The third-order valence-corrected chi connectivity index (χ3v) is 11.6. The van der Waals surface area contributed by atoms with Gasteiger partial charge in [-0.3, -0.25) is 0 Å². The van der Waals surface area contributed by atoms with E-state index in [1.165, 1.54) is 32.9 Å². The number of ether oxygens (including phenoxy) is 8. The van der Waals surface area contributed by atoms with Gasteiger partial charge in [-0.25, -0.2) is 9.59 Å². The molecule has 384 valence electrons. The SMILES string of the molecule is CC(/C=C/C=C(\C)C(=O)O[C@@H]1OC(CO[C@@H]2OC(CO)[C@@H](O)[C@H](O)C2O)[C@@H](O)[C@H](O)C1C)=C\C=C\C=C(C)\C=C\C=C(/C)C(=O)O[C@@H]1OC(CO[C@@H]2OC(CO)[C@@H](O)[C@H](O)C2O)[C@@H](O)[C@H](O)C1O. The molecule has 0 spiro atoms. The molecule has 4 rings (SSSR count). The zero-order chi connectivity index (χ0) is 50.6. The number of carbonyl (C=O) groups excluding carboxylic acids is 2. The highest BCUT2D eigenvalue weighted by Crippen LogP contribution is 2.30. The molecule has 13 N–H and O–H groups in total. The molecule has 4 heterocycles. The lowest BCUT2D eigenvalue weighted by molar-refractivity contribution is -0.326. The maximum atomic E-state index is 12.9. The fourth-order valence-electron chi connectivity index (χ4n) is 7.03. The Labute approximate surface area is 392 Å². The van der Waals surface area contributed by atoms with E-state index in [1.807, 2.05) is 6.92 Å². The highest BCUT2D eigenvalue weighted by atomic mass is 16.8. The van der Waals surface area contributed by atoms with E-state index in [9.17, 15) is 76.0 Å². The zero-order valence-electron chi connectivity index (χ0n) is 38.0. The third kappa shape index (κ3) is 14.9. The monoisotopic (exact) mass is 974 g/mol. The average Bonchev–Trinajstić information content (AvgIpc) is 3.31. The number of rotatable bonds is 18. The van der Waals surface area contributed by atoms with E-state index in [0.29, 0.717) is 0 Å². The second-order valence-electron chi connectivity index (χ2n) is 16.9. The summed E-state index contributed by atoms with van der Waals surface area (Å²) in [6, 6.07) is 0. The van der Waals surface area contributed by atoms with E-state index < -0.39 is 161 Å². The van der Waals surface area contributed by atoms with Gasteiger partial charge in [0.1, 0.15) is 85.5 Å². The first-order chi connectivity index (χ1) is 32.1. The minimum absolute atomic E-state index is 0.0836. The minimum Gasteiger partial charge on any atom is -0.432 e. The molecule has 4 aliphatic rings. The number of hydrogen-bond acceptors (Lipinski definition) is 23. The molecular formula is C45H66O23. The van der Waals surface area contributed by atoms with Crippen LogP contribution >= 0.6 is 0 Å². The predicted octanol–water partition coefficient (Wildman–Crippen LogP) is -3.95. The van der Waals surface area contributed by atoms with E-state index >= 15 is 0 Å². The summed E-state index contributed by atoms with van der Waals surface area (Å²) in [5, 5.41) is 132. The fourth-order valence-corrected chi connectivity index (χ4v) is 7.03. The van der Waals surface area contributed by atoms with Gasteiger partial charge in [0.25, 0.3) is 0 Å². The van der Waals surface area contributed by atoms with Crippen molar-refractivity contribution >= 4 is 11.9 Å². The van der Waals surface area contributed by atoms with Gasteiger partial charge in [0.05, 0.1) is 32.5 Å². The van der Waals surface area contributed by atoms with Gasteiger partial charge in [-0.2, -0.15) is 0 Å². The Morgan fingerprint density at radius 3 is 1.18 bits per heavy atom. The molecule has 0 aromatic rings. The summed E-state index contributed by atoms with van der Waals surface area (Å²) in [5.41, 5.74) is 1.86. The van der Waals surface area contributed by atoms with E-state index in [2.05, 4.69) is 0 Å². The number of aliphatic hydroxyl groups excluding tert-OH is 13. The summed E-state index contributed by atoms with van der Waals surface area (Å²) >= 11 is 0. The van der Waals surface area contributed by atoms with Crippen LogP contribution in [0.2, 0.25) is 0 Å². The maximum absolute atomic E-state index is 12.9. The van der Waals surface area contributed by atoms with Crippen molar-refractivity contribution in [2.75, 3.05) is 26.4 Å². The number of carbonyl (C=O) groups is 2. The Kier molecular flexibility index (Phi) is 22.2. The van der Waals surface area contributed by atoms with Gasteiger partial charge < -0.3 is 104 Å². The van der Waals surface area contributed by atoms with Crippen LogP contribution in [0.15, 0.2) is 83.1 Å². The molecule has 4 aliphatic heterocycles. The van der Waals surface area contributed by atoms with Crippen LogP contribution in [0.4, 0.5) is 0 Å². The molecule has 20 atom stereocenters. The smallest absolute Gasteiger partial charge is 0.336 e. The van der Waals surface area contributed by atoms with Crippen molar-refractivity contribution in [3.05, 3.63) is 83.1 Å². The van der Waals surface area contributed by atoms with Gasteiger partial charge in [-0.1, -0.05) is 78.8 Å². The summed E-state index contributed by atoms with van der Waals surface area (Å²) in [7, 11) is 0. The summed E-state index contributed by atoms with van der Waals surface area (Å²) < 4.78 is 43.4. The second-order valence-corrected chi connectivity index (χ2v) is 16.9. The zero-order valence-corrected chi connectivity index (χ0v) is 38.0. The summed E-state index contributed by atoms with van der Waals surface area (Å²) in [5.74, 6) is -2.55. The van der Waals surface area contributed by atoms with Crippen molar-refractivity contribution in [2.45, 2.75) is 151 Å². The molecule has 8 unspecified atom stereocenters. The maximum Gasteiger partial charge on any atom is 0.336 e. The normalized spacial score (nSPS) is 40.3. The topological polar surface area (TPSA) is 371 Å².